The molecule has 1 aromatic carbocycles. The van der Waals surface area contributed by atoms with Crippen LogP contribution in [0.2, 0.25) is 5.02 Å². The van der Waals surface area contributed by atoms with Crippen molar-refractivity contribution in [2.24, 2.45) is 0 Å². The molecular formula is C21H24ClFN4O3. The fourth-order valence-corrected chi connectivity index (χ4v) is 3.68. The molecule has 1 aromatic heterocycles. The van der Waals surface area contributed by atoms with Crippen LogP contribution in [-0.2, 0) is 16.1 Å². The number of anilines is 1. The first-order valence-electron chi connectivity index (χ1n) is 9.67. The highest BCUT2D eigenvalue weighted by atomic mass is 35.5. The number of rotatable bonds is 6. The van der Waals surface area contributed by atoms with Gasteiger partial charge in [-0.05, 0) is 36.6 Å². The van der Waals surface area contributed by atoms with Crippen molar-refractivity contribution in [2.75, 3.05) is 32.1 Å². The molecule has 3 amide bonds. The molecule has 0 aliphatic carbocycles. The number of benzene rings is 1. The summed E-state index contributed by atoms with van der Waals surface area (Å²) < 4.78 is 19.2. The first-order chi connectivity index (χ1) is 14.5. The molecule has 1 unspecified atom stereocenters. The third kappa shape index (κ3) is 5.46. The fraction of sp³-hybridized carbons (Fsp3) is 0.381. The fourth-order valence-electron chi connectivity index (χ4n) is 3.50. The molecule has 0 radical (unpaired) electrons. The van der Waals surface area contributed by atoms with Gasteiger partial charge in [0, 0.05) is 45.2 Å². The third-order valence-electron chi connectivity index (χ3n) is 4.98. The van der Waals surface area contributed by atoms with E-state index in [-0.39, 0.29) is 29.3 Å². The van der Waals surface area contributed by atoms with E-state index in [0.717, 1.165) is 18.4 Å². The highest BCUT2D eigenvalue weighted by Crippen LogP contribution is 2.24. The third-order valence-corrected chi connectivity index (χ3v) is 5.27. The number of hydrogen-bond acceptors (Lipinski definition) is 4. The van der Waals surface area contributed by atoms with Gasteiger partial charge in [-0.3, -0.25) is 9.78 Å². The number of nitrogens with one attached hydrogen (secondary N) is 1. The zero-order valence-corrected chi connectivity index (χ0v) is 17.4. The predicted octanol–water partition coefficient (Wildman–Crippen LogP) is 3.55. The van der Waals surface area contributed by atoms with Crippen LogP contribution >= 0.6 is 11.6 Å². The van der Waals surface area contributed by atoms with E-state index in [2.05, 4.69) is 10.3 Å². The molecule has 160 valence electrons. The van der Waals surface area contributed by atoms with Crippen LogP contribution in [-0.4, -0.2) is 59.6 Å². The summed E-state index contributed by atoms with van der Waals surface area (Å²) in [5.74, 6) is -0.830. The van der Waals surface area contributed by atoms with Crippen LogP contribution in [0.3, 0.4) is 0 Å². The summed E-state index contributed by atoms with van der Waals surface area (Å²) in [6.45, 7) is 1.18. The maximum atomic E-state index is 14.1. The number of ether oxygens (including phenoxy) is 1. The van der Waals surface area contributed by atoms with E-state index >= 15 is 0 Å². The second kappa shape index (κ2) is 10.4. The molecule has 9 heteroatoms. The summed E-state index contributed by atoms with van der Waals surface area (Å²) >= 11 is 5.79. The SMILES string of the molecule is COCC(=O)N(Cc1cccnc1)C1CCCN(C(=O)Nc2cccc(Cl)c2F)C1. The van der Waals surface area contributed by atoms with Gasteiger partial charge >= 0.3 is 6.03 Å². The van der Waals surface area contributed by atoms with Gasteiger partial charge in [0.2, 0.25) is 5.91 Å². The Labute approximate surface area is 179 Å². The van der Waals surface area contributed by atoms with Gasteiger partial charge in [-0.15, -0.1) is 0 Å². The summed E-state index contributed by atoms with van der Waals surface area (Å²) in [5, 5.41) is 2.52. The van der Waals surface area contributed by atoms with Crippen molar-refractivity contribution < 1.29 is 18.7 Å². The van der Waals surface area contributed by atoms with Crippen LogP contribution in [0, 0.1) is 5.82 Å². The molecule has 2 aromatic rings. The van der Waals surface area contributed by atoms with E-state index < -0.39 is 11.8 Å². The molecule has 1 saturated heterocycles. The molecule has 2 heterocycles. The largest absolute Gasteiger partial charge is 0.375 e. The second-order valence-corrected chi connectivity index (χ2v) is 7.50. The van der Waals surface area contributed by atoms with Crippen molar-refractivity contribution in [3.05, 3.63) is 59.1 Å². The van der Waals surface area contributed by atoms with Crippen LogP contribution in [0.25, 0.3) is 0 Å². The van der Waals surface area contributed by atoms with Crippen molar-refractivity contribution >= 4 is 29.2 Å². The number of likely N-dealkylation sites (tertiary alicyclic amines) is 1. The lowest BCUT2D eigenvalue weighted by Gasteiger charge is -2.39. The predicted molar refractivity (Wildman–Crippen MR) is 112 cm³/mol. The van der Waals surface area contributed by atoms with Crippen LogP contribution in [0.1, 0.15) is 18.4 Å². The van der Waals surface area contributed by atoms with Gasteiger partial charge in [-0.2, -0.15) is 0 Å². The molecule has 7 nitrogen and oxygen atoms in total. The first kappa shape index (κ1) is 22.0. The normalized spacial score (nSPS) is 16.2. The highest BCUT2D eigenvalue weighted by molar-refractivity contribution is 6.31. The van der Waals surface area contributed by atoms with E-state index in [4.69, 9.17) is 16.3 Å². The Morgan fingerprint density at radius 2 is 2.20 bits per heavy atom. The summed E-state index contributed by atoms with van der Waals surface area (Å²) in [6, 6.07) is 7.54. The minimum atomic E-state index is -0.672. The number of methoxy groups -OCH3 is 1. The summed E-state index contributed by atoms with van der Waals surface area (Å²) in [4.78, 5) is 32.8. The quantitative estimate of drug-likeness (QED) is 0.754. The Kier molecular flexibility index (Phi) is 7.59. The number of piperidine rings is 1. The summed E-state index contributed by atoms with van der Waals surface area (Å²) in [7, 11) is 1.47. The maximum absolute atomic E-state index is 14.1. The molecule has 0 bridgehead atoms. The monoisotopic (exact) mass is 434 g/mol. The zero-order valence-electron chi connectivity index (χ0n) is 16.7. The molecular weight excluding hydrogens is 411 g/mol. The van der Waals surface area contributed by atoms with Crippen LogP contribution in [0.15, 0.2) is 42.7 Å². The van der Waals surface area contributed by atoms with Crippen molar-refractivity contribution in [2.45, 2.75) is 25.4 Å². The lowest BCUT2D eigenvalue weighted by Crippen LogP contribution is -2.53. The number of aromatic nitrogens is 1. The Morgan fingerprint density at radius 3 is 2.93 bits per heavy atom. The number of nitrogens with zero attached hydrogens (tertiary/aromatic N) is 3. The van der Waals surface area contributed by atoms with E-state index in [1.807, 2.05) is 12.1 Å². The zero-order chi connectivity index (χ0) is 21.5. The standard InChI is InChI=1S/C21H24ClFN4O3/c1-30-14-19(28)27(12-15-5-3-9-24-11-15)16-6-4-10-26(13-16)21(29)25-18-8-2-7-17(22)20(18)23/h2-3,5,7-9,11,16H,4,6,10,12-14H2,1H3,(H,25,29). The number of carbonyl (C=O) groups is 2. The Bertz CT molecular complexity index is 884. The molecule has 0 saturated carbocycles. The lowest BCUT2D eigenvalue weighted by molar-refractivity contribution is -0.139. The topological polar surface area (TPSA) is 74.8 Å². The van der Waals surface area contributed by atoms with Gasteiger partial charge in [0.1, 0.15) is 6.61 Å². The molecule has 1 aliphatic heterocycles. The minimum Gasteiger partial charge on any atom is -0.375 e. The smallest absolute Gasteiger partial charge is 0.321 e. The number of halogens is 2. The number of amides is 3. The van der Waals surface area contributed by atoms with Crippen molar-refractivity contribution in [1.29, 1.82) is 0 Å². The van der Waals surface area contributed by atoms with Crippen LogP contribution in [0.5, 0.6) is 0 Å². The van der Waals surface area contributed by atoms with E-state index in [9.17, 15) is 14.0 Å². The highest BCUT2D eigenvalue weighted by Gasteiger charge is 2.31. The molecule has 3 rings (SSSR count). The summed E-state index contributed by atoms with van der Waals surface area (Å²) in [5.41, 5.74) is 0.918. The number of pyridine rings is 1. The van der Waals surface area contributed by atoms with Gasteiger partial charge in [-0.25, -0.2) is 9.18 Å². The molecule has 30 heavy (non-hydrogen) atoms. The Hall–Kier alpha value is -2.71. The van der Waals surface area contributed by atoms with Crippen LogP contribution < -0.4 is 5.32 Å². The minimum absolute atomic E-state index is 0.0253. The van der Waals surface area contributed by atoms with Gasteiger partial charge in [0.15, 0.2) is 5.82 Å². The van der Waals surface area contributed by atoms with Gasteiger partial charge < -0.3 is 19.9 Å². The molecule has 1 fully saturated rings. The van der Waals surface area contributed by atoms with Crippen molar-refractivity contribution in [3.8, 4) is 0 Å². The first-order valence-corrected chi connectivity index (χ1v) is 10.0. The van der Waals surface area contributed by atoms with Gasteiger partial charge in [0.25, 0.3) is 0 Å². The van der Waals surface area contributed by atoms with E-state index in [1.165, 1.54) is 19.2 Å². The average Bonchev–Trinajstić information content (AvgIpc) is 2.76. The molecule has 1 aliphatic rings. The van der Waals surface area contributed by atoms with Crippen molar-refractivity contribution in [1.82, 2.24) is 14.8 Å². The molecule has 1 N–H and O–H groups in total. The van der Waals surface area contributed by atoms with Crippen LogP contribution in [0.4, 0.5) is 14.9 Å². The molecule has 1 atom stereocenters. The number of urea groups is 1. The van der Waals surface area contributed by atoms with Gasteiger partial charge in [0.05, 0.1) is 10.7 Å². The lowest BCUT2D eigenvalue weighted by atomic mass is 10.0. The Morgan fingerprint density at radius 1 is 1.37 bits per heavy atom. The Balaban J connectivity index is 1.72. The number of carbonyl (C=O) groups excluding carboxylic acids is 2. The van der Waals surface area contributed by atoms with E-state index in [1.54, 1.807) is 28.3 Å². The average molecular weight is 435 g/mol. The summed E-state index contributed by atoms with van der Waals surface area (Å²) in [6.07, 6.45) is 4.86. The second-order valence-electron chi connectivity index (χ2n) is 7.09. The number of hydrogen-bond donors (Lipinski definition) is 1. The molecule has 0 spiro atoms. The maximum Gasteiger partial charge on any atom is 0.321 e. The van der Waals surface area contributed by atoms with Gasteiger partial charge in [-0.1, -0.05) is 23.7 Å². The van der Waals surface area contributed by atoms with Crippen molar-refractivity contribution in [3.63, 3.8) is 0 Å². The van der Waals surface area contributed by atoms with E-state index in [0.29, 0.717) is 19.6 Å².